The van der Waals surface area contributed by atoms with Crippen molar-refractivity contribution in [2.75, 3.05) is 37.9 Å². The van der Waals surface area contributed by atoms with Crippen molar-refractivity contribution in [3.8, 4) is 11.5 Å². The van der Waals surface area contributed by atoms with Gasteiger partial charge >= 0.3 is 12.4 Å². The first-order valence-corrected chi connectivity index (χ1v) is 10.0. The van der Waals surface area contributed by atoms with Crippen molar-refractivity contribution < 1.29 is 45.3 Å². The van der Waals surface area contributed by atoms with Crippen LogP contribution >= 0.6 is 0 Å². The van der Waals surface area contributed by atoms with Gasteiger partial charge in [-0.15, -0.1) is 0 Å². The largest absolute Gasteiger partial charge is 0.498 e. The molecule has 0 atom stereocenters. The number of hydrogen-bond acceptors (Lipinski definition) is 6. The normalized spacial score (nSPS) is 12.1. The molecule has 0 saturated carbocycles. The minimum atomic E-state index is -5.82. The predicted molar refractivity (Wildman–Crippen MR) is 118 cm³/mol. The lowest BCUT2D eigenvalue weighted by Gasteiger charge is -2.38. The molecule has 0 heterocycles. The molecule has 0 aliphatic rings. The Bertz CT molecular complexity index is 943. The maximum atomic E-state index is 14.4. The molecule has 0 aromatic heterocycles. The summed E-state index contributed by atoms with van der Waals surface area (Å²) < 4.78 is 106. The molecule has 0 fully saturated rings. The van der Waals surface area contributed by atoms with E-state index < -0.39 is 40.3 Å². The molecule has 35 heavy (non-hydrogen) atoms. The monoisotopic (exact) mass is 506 g/mol. The Balaban J connectivity index is 2.57. The lowest BCUT2D eigenvalue weighted by molar-refractivity contribution is -0.288. The van der Waals surface area contributed by atoms with Crippen molar-refractivity contribution >= 4 is 11.4 Å². The Hall–Kier alpha value is -3.70. The van der Waals surface area contributed by atoms with Gasteiger partial charge in [0.15, 0.2) is 0 Å². The van der Waals surface area contributed by atoms with Crippen LogP contribution in [0.3, 0.4) is 0 Å². The Morgan fingerprint density at radius 3 is 1.31 bits per heavy atom. The number of rotatable bonds is 12. The van der Waals surface area contributed by atoms with Crippen LogP contribution in [0, 0.1) is 0 Å². The van der Waals surface area contributed by atoms with E-state index in [-0.39, 0.29) is 37.9 Å². The Morgan fingerprint density at radius 2 is 1.03 bits per heavy atom. The lowest BCUT2D eigenvalue weighted by Crippen LogP contribution is -2.54. The van der Waals surface area contributed by atoms with E-state index >= 15 is 0 Å². The van der Waals surface area contributed by atoms with Gasteiger partial charge in [0, 0.05) is 0 Å². The van der Waals surface area contributed by atoms with E-state index in [4.69, 9.17) is 30.4 Å². The third kappa shape index (κ3) is 5.87. The van der Waals surface area contributed by atoms with Gasteiger partial charge in [-0.2, -0.15) is 26.3 Å². The van der Waals surface area contributed by atoms with Gasteiger partial charge in [0.2, 0.25) is 5.41 Å². The first-order valence-electron chi connectivity index (χ1n) is 10.0. The molecule has 4 N–H and O–H groups in total. The zero-order valence-electron chi connectivity index (χ0n) is 18.4. The van der Waals surface area contributed by atoms with Gasteiger partial charge < -0.3 is 30.4 Å². The zero-order chi connectivity index (χ0) is 26.3. The molecule has 0 amide bonds. The topological polar surface area (TPSA) is 89.0 Å². The van der Waals surface area contributed by atoms with E-state index in [0.717, 1.165) is 24.7 Å². The Morgan fingerprint density at radius 1 is 0.657 bits per heavy atom. The van der Waals surface area contributed by atoms with Gasteiger partial charge in [-0.25, -0.2) is 0 Å². The molecular weight excluding hydrogens is 482 g/mol. The molecule has 0 saturated heterocycles. The first-order chi connectivity index (χ1) is 16.4. The third-order valence-electron chi connectivity index (χ3n) is 4.89. The van der Waals surface area contributed by atoms with Crippen LogP contribution in [0.5, 0.6) is 11.5 Å². The minimum Gasteiger partial charge on any atom is -0.498 e. The number of benzene rings is 2. The molecule has 12 heteroatoms. The summed E-state index contributed by atoms with van der Waals surface area (Å²) in [6.07, 6.45) is -9.34. The average Bonchev–Trinajstić information content (AvgIpc) is 2.75. The predicted octanol–water partition coefficient (Wildman–Crippen LogP) is 5.34. The summed E-state index contributed by atoms with van der Waals surface area (Å²) in [7, 11) is 0. The average molecular weight is 506 g/mol. The maximum absolute atomic E-state index is 14.4. The minimum absolute atomic E-state index is 0.0488. The van der Waals surface area contributed by atoms with E-state index in [1.54, 1.807) is 0 Å². The van der Waals surface area contributed by atoms with Crippen LogP contribution in [0.2, 0.25) is 0 Å². The van der Waals surface area contributed by atoms with E-state index in [1.807, 2.05) is 0 Å². The molecule has 0 radical (unpaired) electrons. The zero-order valence-corrected chi connectivity index (χ0v) is 18.4. The molecule has 2 aromatic carbocycles. The SMILES string of the molecule is C=COCCOc1ccc(C(c2ccc(OCCOC=C)c(N)c2)(C(F)(F)F)C(F)(F)F)cc1N. The highest BCUT2D eigenvalue weighted by Gasteiger charge is 2.72. The standard InChI is InChI=1S/C23H24F6N2O4/c1-3-32-9-11-34-19-7-5-15(13-17(19)30)21(22(24,25)26,23(27,28)29)16-6-8-20(18(31)14-16)35-12-10-33-4-2/h3-8,13-14H,1-2,9-12,30-31H2. The Labute approximate surface area is 197 Å². The van der Waals surface area contributed by atoms with Gasteiger partial charge in [-0.3, -0.25) is 0 Å². The second-order valence-corrected chi connectivity index (χ2v) is 7.02. The van der Waals surface area contributed by atoms with Crippen molar-refractivity contribution in [1.82, 2.24) is 0 Å². The molecular formula is C23H24F6N2O4. The summed E-state index contributed by atoms with van der Waals surface area (Å²) in [5, 5.41) is 0. The van der Waals surface area contributed by atoms with Crippen LogP contribution in [0.25, 0.3) is 0 Å². The summed E-state index contributed by atoms with van der Waals surface area (Å²) in [4.78, 5) is 0. The number of nitrogen functional groups attached to an aromatic ring is 2. The van der Waals surface area contributed by atoms with Gasteiger partial charge in [0.05, 0.1) is 23.9 Å². The number of anilines is 2. The van der Waals surface area contributed by atoms with Gasteiger partial charge in [-0.05, 0) is 35.4 Å². The number of hydrogen-bond donors (Lipinski definition) is 2. The van der Waals surface area contributed by atoms with E-state index in [9.17, 15) is 26.3 Å². The highest BCUT2D eigenvalue weighted by molar-refractivity contribution is 5.61. The fraction of sp³-hybridized carbons (Fsp3) is 0.304. The van der Waals surface area contributed by atoms with Crippen LogP contribution in [0.15, 0.2) is 62.1 Å². The molecule has 0 spiro atoms. The number of nitrogens with two attached hydrogens (primary N) is 2. The van der Waals surface area contributed by atoms with Crippen molar-refractivity contribution in [3.63, 3.8) is 0 Å². The third-order valence-corrected chi connectivity index (χ3v) is 4.89. The molecule has 0 aliphatic carbocycles. The first kappa shape index (κ1) is 27.5. The summed E-state index contributed by atoms with van der Waals surface area (Å²) in [6, 6.07) is 4.36. The molecule has 6 nitrogen and oxygen atoms in total. The van der Waals surface area contributed by atoms with Gasteiger partial charge in [0.25, 0.3) is 0 Å². The summed E-state index contributed by atoms with van der Waals surface area (Å²) in [5.41, 5.74) is 3.91. The lowest BCUT2D eigenvalue weighted by atomic mass is 9.72. The molecule has 0 aliphatic heterocycles. The van der Waals surface area contributed by atoms with Crippen LogP contribution < -0.4 is 20.9 Å². The fourth-order valence-corrected chi connectivity index (χ4v) is 3.37. The summed E-state index contributed by atoms with van der Waals surface area (Å²) >= 11 is 0. The number of halogens is 6. The fourth-order valence-electron chi connectivity index (χ4n) is 3.37. The number of ether oxygens (including phenoxy) is 4. The van der Waals surface area contributed by atoms with Crippen molar-refractivity contribution in [3.05, 3.63) is 73.2 Å². The second kappa shape index (κ2) is 11.2. The number of alkyl halides is 6. The van der Waals surface area contributed by atoms with Gasteiger partial charge in [0.1, 0.15) is 37.9 Å². The molecule has 192 valence electrons. The maximum Gasteiger partial charge on any atom is 0.411 e. The van der Waals surface area contributed by atoms with Crippen molar-refractivity contribution in [2.45, 2.75) is 17.8 Å². The molecule has 2 aromatic rings. The van der Waals surface area contributed by atoms with Crippen LogP contribution in [-0.2, 0) is 14.9 Å². The molecule has 2 rings (SSSR count). The van der Waals surface area contributed by atoms with Crippen LogP contribution in [-0.4, -0.2) is 38.8 Å². The highest BCUT2D eigenvalue weighted by Crippen LogP contribution is 2.57. The van der Waals surface area contributed by atoms with Crippen molar-refractivity contribution in [2.24, 2.45) is 0 Å². The smallest absolute Gasteiger partial charge is 0.411 e. The summed E-state index contributed by atoms with van der Waals surface area (Å²) in [6.45, 7) is 6.63. The van der Waals surface area contributed by atoms with Crippen LogP contribution in [0.4, 0.5) is 37.7 Å². The van der Waals surface area contributed by atoms with E-state index in [2.05, 4.69) is 13.2 Å². The summed E-state index contributed by atoms with van der Waals surface area (Å²) in [5.74, 6) is -0.214. The van der Waals surface area contributed by atoms with E-state index in [0.29, 0.717) is 24.3 Å². The second-order valence-electron chi connectivity index (χ2n) is 7.02. The highest BCUT2D eigenvalue weighted by atomic mass is 19.4. The quantitative estimate of drug-likeness (QED) is 0.175. The van der Waals surface area contributed by atoms with Gasteiger partial charge in [-0.1, -0.05) is 25.3 Å². The van der Waals surface area contributed by atoms with E-state index in [1.165, 1.54) is 0 Å². The Kier molecular flexibility index (Phi) is 8.77. The van der Waals surface area contributed by atoms with Crippen molar-refractivity contribution in [1.29, 1.82) is 0 Å². The molecule has 0 bridgehead atoms. The van der Waals surface area contributed by atoms with Crippen LogP contribution in [0.1, 0.15) is 11.1 Å². The molecule has 0 unspecified atom stereocenters.